The Hall–Kier alpha value is -2.57. The van der Waals surface area contributed by atoms with E-state index in [9.17, 15) is 9.59 Å². The number of rotatable bonds is 5. The molecule has 2 aromatic rings. The fourth-order valence-corrected chi connectivity index (χ4v) is 2.30. The minimum atomic E-state index is -0.856. The van der Waals surface area contributed by atoms with Crippen molar-refractivity contribution in [3.63, 3.8) is 0 Å². The molecule has 0 saturated heterocycles. The lowest BCUT2D eigenvalue weighted by atomic mass is 10.2. The Balaban J connectivity index is 2.05. The number of amides is 2. The van der Waals surface area contributed by atoms with Gasteiger partial charge in [-0.15, -0.1) is 0 Å². The van der Waals surface area contributed by atoms with Crippen molar-refractivity contribution in [1.82, 2.24) is 10.7 Å². The molecule has 0 unspecified atom stereocenters. The highest BCUT2D eigenvalue weighted by atomic mass is 35.5. The van der Waals surface area contributed by atoms with E-state index in [1.807, 2.05) is 0 Å². The van der Waals surface area contributed by atoms with Gasteiger partial charge in [-0.05, 0) is 24.3 Å². The third kappa shape index (κ3) is 5.48. The van der Waals surface area contributed by atoms with Gasteiger partial charge in [0.05, 0.1) is 6.21 Å². The van der Waals surface area contributed by atoms with Crippen molar-refractivity contribution in [3.8, 4) is 5.75 Å². The summed E-state index contributed by atoms with van der Waals surface area (Å²) in [4.78, 5) is 22.4. The molecule has 0 aromatic heterocycles. The van der Waals surface area contributed by atoms with Gasteiger partial charge in [0, 0.05) is 28.2 Å². The number of benzene rings is 2. The summed E-state index contributed by atoms with van der Waals surface area (Å²) in [5.74, 6) is -1.09. The number of hydrazone groups is 1. The number of nitrogens with one attached hydrogen (secondary N) is 2. The number of carbonyl (C=O) groups is 2. The number of hydrogen-bond donors (Lipinski definition) is 2. The van der Waals surface area contributed by atoms with Crippen LogP contribution in [0.1, 0.15) is 11.1 Å². The molecule has 6 nitrogen and oxygen atoms in total. The Morgan fingerprint density at radius 3 is 2.64 bits per heavy atom. The van der Waals surface area contributed by atoms with Crippen LogP contribution in [0.2, 0.25) is 10.0 Å². The van der Waals surface area contributed by atoms with E-state index < -0.39 is 11.8 Å². The highest BCUT2D eigenvalue weighted by Gasteiger charge is 2.09. The zero-order valence-corrected chi connectivity index (χ0v) is 14.8. The van der Waals surface area contributed by atoms with Crippen molar-refractivity contribution < 1.29 is 14.3 Å². The molecule has 0 saturated carbocycles. The van der Waals surface area contributed by atoms with Crippen molar-refractivity contribution in [2.24, 2.45) is 5.10 Å². The first-order valence-electron chi connectivity index (χ1n) is 7.22. The standard InChI is InChI=1S/C17H15Cl2N3O3/c1-20-16(23)17(24)22-21-9-11-4-2-3-5-15(11)25-10-12-6-7-13(18)8-14(12)19/h2-9H,10H2,1H3,(H,20,23)(H,22,24)/b21-9-. The molecule has 0 heterocycles. The lowest BCUT2D eigenvalue weighted by Crippen LogP contribution is -2.35. The van der Waals surface area contributed by atoms with Gasteiger partial charge in [0.25, 0.3) is 0 Å². The Bertz CT molecular complexity index is 809. The average molecular weight is 380 g/mol. The molecule has 8 heteroatoms. The molecular formula is C17H15Cl2N3O3. The SMILES string of the molecule is CNC(=O)C(=O)N/N=C\c1ccccc1OCc1ccc(Cl)cc1Cl. The van der Waals surface area contributed by atoms with Crippen LogP contribution in [0.5, 0.6) is 5.75 Å². The molecule has 0 radical (unpaired) electrons. The third-order valence-corrected chi connectivity index (χ3v) is 3.71. The average Bonchev–Trinajstić information content (AvgIpc) is 2.61. The first kappa shape index (κ1) is 18.8. The first-order valence-corrected chi connectivity index (χ1v) is 7.97. The number of carbonyl (C=O) groups excluding carboxylic acids is 2. The quantitative estimate of drug-likeness (QED) is 0.476. The van der Waals surface area contributed by atoms with E-state index >= 15 is 0 Å². The van der Waals surface area contributed by atoms with E-state index in [0.717, 1.165) is 5.56 Å². The summed E-state index contributed by atoms with van der Waals surface area (Å²) in [6, 6.07) is 12.3. The molecule has 0 aliphatic rings. The Morgan fingerprint density at radius 1 is 1.16 bits per heavy atom. The van der Waals surface area contributed by atoms with Crippen LogP contribution in [0.25, 0.3) is 0 Å². The Kier molecular flexibility index (Phi) is 6.80. The van der Waals surface area contributed by atoms with E-state index in [0.29, 0.717) is 21.4 Å². The van der Waals surface area contributed by atoms with E-state index in [1.165, 1.54) is 13.3 Å². The maximum Gasteiger partial charge on any atom is 0.329 e. The lowest BCUT2D eigenvalue weighted by Gasteiger charge is -2.10. The van der Waals surface area contributed by atoms with Crippen LogP contribution in [0.3, 0.4) is 0 Å². The number of ether oxygens (including phenoxy) is 1. The smallest absolute Gasteiger partial charge is 0.329 e. The van der Waals surface area contributed by atoms with Crippen LogP contribution in [0, 0.1) is 0 Å². The highest BCUT2D eigenvalue weighted by molar-refractivity contribution is 6.35. The second kappa shape index (κ2) is 9.05. The van der Waals surface area contributed by atoms with E-state index in [1.54, 1.807) is 42.5 Å². The molecule has 0 fully saturated rings. The van der Waals surface area contributed by atoms with Crippen molar-refractivity contribution in [3.05, 3.63) is 63.6 Å². The highest BCUT2D eigenvalue weighted by Crippen LogP contribution is 2.23. The largest absolute Gasteiger partial charge is 0.488 e. The molecule has 2 aromatic carbocycles. The van der Waals surface area contributed by atoms with Crippen molar-refractivity contribution in [2.75, 3.05) is 7.05 Å². The molecule has 2 N–H and O–H groups in total. The van der Waals surface area contributed by atoms with Crippen molar-refractivity contribution in [1.29, 1.82) is 0 Å². The van der Waals surface area contributed by atoms with E-state index in [2.05, 4.69) is 15.8 Å². The number of hydrogen-bond acceptors (Lipinski definition) is 4. The number of para-hydroxylation sites is 1. The summed E-state index contributed by atoms with van der Waals surface area (Å²) in [6.07, 6.45) is 1.39. The van der Waals surface area contributed by atoms with Crippen molar-refractivity contribution in [2.45, 2.75) is 6.61 Å². The topological polar surface area (TPSA) is 79.8 Å². The summed E-state index contributed by atoms with van der Waals surface area (Å²) in [7, 11) is 1.36. The number of likely N-dealkylation sites (N-methyl/N-ethyl adjacent to an activating group) is 1. The molecule has 130 valence electrons. The minimum absolute atomic E-state index is 0.242. The predicted molar refractivity (Wildman–Crippen MR) is 97.0 cm³/mol. The van der Waals surface area contributed by atoms with Crippen LogP contribution in [0.4, 0.5) is 0 Å². The van der Waals surface area contributed by atoms with Crippen LogP contribution in [0.15, 0.2) is 47.6 Å². The fourth-order valence-electron chi connectivity index (χ4n) is 1.84. The fraction of sp³-hybridized carbons (Fsp3) is 0.118. The summed E-state index contributed by atoms with van der Waals surface area (Å²) in [6.45, 7) is 0.242. The van der Waals surface area contributed by atoms with Gasteiger partial charge in [-0.1, -0.05) is 41.4 Å². The summed E-state index contributed by atoms with van der Waals surface area (Å²) in [5.41, 5.74) is 3.54. The monoisotopic (exact) mass is 379 g/mol. The molecule has 0 atom stereocenters. The zero-order valence-electron chi connectivity index (χ0n) is 13.3. The van der Waals surface area contributed by atoms with E-state index in [4.69, 9.17) is 27.9 Å². The lowest BCUT2D eigenvalue weighted by molar-refractivity contribution is -0.138. The molecule has 0 aliphatic carbocycles. The second-order valence-electron chi connectivity index (χ2n) is 4.84. The van der Waals surface area contributed by atoms with Crippen molar-refractivity contribution >= 4 is 41.2 Å². The maximum atomic E-state index is 11.3. The molecule has 2 rings (SSSR count). The maximum absolute atomic E-state index is 11.3. The molecule has 2 amide bonds. The van der Waals surface area contributed by atoms with Gasteiger partial charge in [0.1, 0.15) is 12.4 Å². The van der Waals surface area contributed by atoms with Crippen LogP contribution < -0.4 is 15.5 Å². The molecule has 0 bridgehead atoms. The minimum Gasteiger partial charge on any atom is -0.488 e. The van der Waals surface area contributed by atoms with Gasteiger partial charge in [-0.25, -0.2) is 5.43 Å². The molecule has 25 heavy (non-hydrogen) atoms. The summed E-state index contributed by atoms with van der Waals surface area (Å²) < 4.78 is 5.76. The Morgan fingerprint density at radius 2 is 1.92 bits per heavy atom. The molecular weight excluding hydrogens is 365 g/mol. The molecule has 0 aliphatic heterocycles. The van der Waals surface area contributed by atoms with E-state index in [-0.39, 0.29) is 6.61 Å². The number of halogens is 2. The number of nitrogens with zero attached hydrogens (tertiary/aromatic N) is 1. The third-order valence-electron chi connectivity index (χ3n) is 3.12. The summed E-state index contributed by atoms with van der Waals surface area (Å²) in [5, 5.41) is 7.01. The second-order valence-corrected chi connectivity index (χ2v) is 5.68. The van der Waals surface area contributed by atoms with Gasteiger partial charge in [-0.3, -0.25) is 9.59 Å². The zero-order chi connectivity index (χ0) is 18.2. The van der Waals surface area contributed by atoms with Gasteiger partial charge >= 0.3 is 11.8 Å². The van der Waals surface area contributed by atoms with Crippen LogP contribution in [-0.2, 0) is 16.2 Å². The van der Waals surface area contributed by atoms with Gasteiger partial charge in [0.2, 0.25) is 0 Å². The van der Waals surface area contributed by atoms with Crippen LogP contribution in [-0.4, -0.2) is 25.1 Å². The summed E-state index contributed by atoms with van der Waals surface area (Å²) >= 11 is 12.0. The van der Waals surface area contributed by atoms with Gasteiger partial charge < -0.3 is 10.1 Å². The normalized spacial score (nSPS) is 10.5. The predicted octanol–water partition coefficient (Wildman–Crippen LogP) is 2.77. The van der Waals surface area contributed by atoms with Gasteiger partial charge in [-0.2, -0.15) is 5.10 Å². The van der Waals surface area contributed by atoms with Gasteiger partial charge in [0.15, 0.2) is 0 Å². The molecule has 0 spiro atoms. The van der Waals surface area contributed by atoms with Crippen LogP contribution >= 0.6 is 23.2 Å². The first-order chi connectivity index (χ1) is 12.0. The Labute approximate surface area is 154 Å².